The maximum Gasteiger partial charge on any atom is 0.271 e. The van der Waals surface area contributed by atoms with Gasteiger partial charge in [-0.2, -0.15) is 0 Å². The Hall–Kier alpha value is -1.73. The third-order valence-electron chi connectivity index (χ3n) is 2.61. The van der Waals surface area contributed by atoms with E-state index in [1.807, 2.05) is 4.90 Å². The summed E-state index contributed by atoms with van der Waals surface area (Å²) < 4.78 is 5.23. The molecule has 1 N–H and O–H groups in total. The molecule has 0 spiro atoms. The first-order valence-corrected chi connectivity index (χ1v) is 5.96. The number of nitro groups is 1. The predicted molar refractivity (Wildman–Crippen MR) is 71.7 cm³/mol. The van der Waals surface area contributed by atoms with Gasteiger partial charge >= 0.3 is 0 Å². The second-order valence-corrected chi connectivity index (χ2v) is 4.22. The molecule has 0 aliphatic carbocycles. The minimum absolute atomic E-state index is 0.0461. The number of hydrogen-bond acceptors (Lipinski definition) is 4. The fourth-order valence-corrected chi connectivity index (χ4v) is 1.97. The van der Waals surface area contributed by atoms with Gasteiger partial charge in [0, 0.05) is 30.9 Å². The van der Waals surface area contributed by atoms with Crippen molar-refractivity contribution < 1.29 is 9.66 Å². The van der Waals surface area contributed by atoms with Crippen molar-refractivity contribution in [1.29, 1.82) is 0 Å². The van der Waals surface area contributed by atoms with Crippen LogP contribution in [0.1, 0.15) is 0 Å². The van der Waals surface area contributed by atoms with E-state index < -0.39 is 4.92 Å². The third-order valence-corrected chi connectivity index (χ3v) is 2.97. The Morgan fingerprint density at radius 3 is 2.83 bits per heavy atom. The highest BCUT2D eigenvalue weighted by atomic mass is 32.1. The zero-order valence-corrected chi connectivity index (χ0v) is 10.5. The molecule has 6 nitrogen and oxygen atoms in total. The molecule has 1 fully saturated rings. The van der Waals surface area contributed by atoms with Crippen LogP contribution < -0.4 is 5.32 Å². The maximum atomic E-state index is 10.7. The molecular formula is C11H13N3O3S. The Morgan fingerprint density at radius 2 is 2.17 bits per heavy atom. The van der Waals surface area contributed by atoms with Crippen LogP contribution in [-0.2, 0) is 4.74 Å². The van der Waals surface area contributed by atoms with Crippen molar-refractivity contribution in [2.24, 2.45) is 0 Å². The summed E-state index contributed by atoms with van der Waals surface area (Å²) in [7, 11) is 0. The molecule has 0 saturated carbocycles. The minimum atomic E-state index is -0.428. The summed E-state index contributed by atoms with van der Waals surface area (Å²) in [5.74, 6) is 0. The van der Waals surface area contributed by atoms with Gasteiger partial charge in [-0.3, -0.25) is 10.1 Å². The van der Waals surface area contributed by atoms with Crippen molar-refractivity contribution in [1.82, 2.24) is 4.90 Å². The molecular weight excluding hydrogens is 254 g/mol. The molecule has 1 aromatic rings. The van der Waals surface area contributed by atoms with Gasteiger partial charge in [-0.25, -0.2) is 0 Å². The van der Waals surface area contributed by atoms with Crippen LogP contribution in [0, 0.1) is 10.1 Å². The summed E-state index contributed by atoms with van der Waals surface area (Å²) >= 11 is 5.25. The molecule has 1 aliphatic heterocycles. The van der Waals surface area contributed by atoms with Gasteiger partial charge in [-0.15, -0.1) is 0 Å². The Bertz CT molecular complexity index is 461. The molecule has 0 radical (unpaired) electrons. The molecule has 0 unspecified atom stereocenters. The third kappa shape index (κ3) is 3.14. The fraction of sp³-hybridized carbons (Fsp3) is 0.364. The molecule has 18 heavy (non-hydrogen) atoms. The average molecular weight is 267 g/mol. The Labute approximate surface area is 110 Å². The van der Waals surface area contributed by atoms with Crippen LogP contribution in [0.4, 0.5) is 11.4 Å². The monoisotopic (exact) mass is 267 g/mol. The summed E-state index contributed by atoms with van der Waals surface area (Å²) in [4.78, 5) is 12.2. The van der Waals surface area contributed by atoms with Crippen LogP contribution in [0.15, 0.2) is 24.3 Å². The lowest BCUT2D eigenvalue weighted by Gasteiger charge is -2.29. The molecule has 0 atom stereocenters. The fourth-order valence-electron chi connectivity index (χ4n) is 1.67. The van der Waals surface area contributed by atoms with Crippen molar-refractivity contribution in [3.05, 3.63) is 34.4 Å². The van der Waals surface area contributed by atoms with Gasteiger partial charge in [-0.1, -0.05) is 6.07 Å². The van der Waals surface area contributed by atoms with Gasteiger partial charge in [0.05, 0.1) is 18.1 Å². The molecule has 0 amide bonds. The highest BCUT2D eigenvalue weighted by Gasteiger charge is 2.14. The van der Waals surface area contributed by atoms with Crippen LogP contribution in [-0.4, -0.2) is 41.2 Å². The number of thiocarbonyl (C=S) groups is 1. The van der Waals surface area contributed by atoms with Gasteiger partial charge in [0.25, 0.3) is 5.69 Å². The number of nitrogens with one attached hydrogen (secondary N) is 1. The van der Waals surface area contributed by atoms with E-state index in [0.717, 1.165) is 13.1 Å². The second-order valence-electron chi connectivity index (χ2n) is 3.84. The Kier molecular flexibility index (Phi) is 4.06. The van der Waals surface area contributed by atoms with Crippen molar-refractivity contribution in [2.75, 3.05) is 31.6 Å². The molecule has 1 aromatic carbocycles. The van der Waals surface area contributed by atoms with Crippen LogP contribution in [0.3, 0.4) is 0 Å². The van der Waals surface area contributed by atoms with E-state index in [-0.39, 0.29) is 5.69 Å². The number of anilines is 1. The van der Waals surface area contributed by atoms with E-state index in [0.29, 0.717) is 24.0 Å². The Morgan fingerprint density at radius 1 is 1.44 bits per heavy atom. The number of hydrogen-bond donors (Lipinski definition) is 1. The maximum absolute atomic E-state index is 10.7. The van der Waals surface area contributed by atoms with Gasteiger partial charge < -0.3 is 15.0 Å². The lowest BCUT2D eigenvalue weighted by molar-refractivity contribution is -0.384. The molecule has 1 aliphatic rings. The lowest BCUT2D eigenvalue weighted by Crippen LogP contribution is -2.42. The number of non-ortho nitro benzene ring substituents is 1. The highest BCUT2D eigenvalue weighted by Crippen LogP contribution is 2.17. The summed E-state index contributed by atoms with van der Waals surface area (Å²) in [5, 5.41) is 14.2. The van der Waals surface area contributed by atoms with Crippen LogP contribution in [0.5, 0.6) is 0 Å². The van der Waals surface area contributed by atoms with Crippen LogP contribution >= 0.6 is 12.2 Å². The van der Waals surface area contributed by atoms with Crippen molar-refractivity contribution in [2.45, 2.75) is 0 Å². The summed E-state index contributed by atoms with van der Waals surface area (Å²) in [6, 6.07) is 6.29. The van der Waals surface area contributed by atoms with Crippen molar-refractivity contribution in [3.63, 3.8) is 0 Å². The van der Waals surface area contributed by atoms with E-state index in [1.165, 1.54) is 12.1 Å². The summed E-state index contributed by atoms with van der Waals surface area (Å²) in [6.07, 6.45) is 0. The largest absolute Gasteiger partial charge is 0.378 e. The second kappa shape index (κ2) is 5.74. The first-order valence-electron chi connectivity index (χ1n) is 5.55. The Balaban J connectivity index is 2.02. The number of benzene rings is 1. The summed E-state index contributed by atoms with van der Waals surface area (Å²) in [6.45, 7) is 2.77. The topological polar surface area (TPSA) is 67.6 Å². The molecule has 1 saturated heterocycles. The van der Waals surface area contributed by atoms with Gasteiger partial charge in [0.15, 0.2) is 5.11 Å². The number of morpholine rings is 1. The SMILES string of the molecule is O=[N+]([O-])c1cccc(NC(=S)N2CCOCC2)c1. The van der Waals surface area contributed by atoms with Gasteiger partial charge in [0.1, 0.15) is 0 Å². The van der Waals surface area contributed by atoms with E-state index in [9.17, 15) is 10.1 Å². The average Bonchev–Trinajstić information content (AvgIpc) is 2.40. The first-order chi connectivity index (χ1) is 8.66. The molecule has 1 heterocycles. The van der Waals surface area contributed by atoms with E-state index in [2.05, 4.69) is 5.32 Å². The predicted octanol–water partition coefficient (Wildman–Crippen LogP) is 1.62. The van der Waals surface area contributed by atoms with Crippen molar-refractivity contribution >= 4 is 28.7 Å². The molecule has 96 valence electrons. The standard InChI is InChI=1S/C11H13N3O3S/c15-14(16)10-3-1-2-9(8-10)12-11(18)13-4-6-17-7-5-13/h1-3,8H,4-7H2,(H,12,18). The van der Waals surface area contributed by atoms with Crippen LogP contribution in [0.25, 0.3) is 0 Å². The zero-order chi connectivity index (χ0) is 13.0. The van der Waals surface area contributed by atoms with E-state index >= 15 is 0 Å². The zero-order valence-electron chi connectivity index (χ0n) is 9.67. The highest BCUT2D eigenvalue weighted by molar-refractivity contribution is 7.80. The molecule has 7 heteroatoms. The van der Waals surface area contributed by atoms with Gasteiger partial charge in [-0.05, 0) is 18.3 Å². The number of rotatable bonds is 2. The van der Waals surface area contributed by atoms with E-state index in [1.54, 1.807) is 12.1 Å². The normalized spacial score (nSPS) is 15.2. The molecule has 0 aromatic heterocycles. The smallest absolute Gasteiger partial charge is 0.271 e. The molecule has 0 bridgehead atoms. The number of nitrogens with zero attached hydrogens (tertiary/aromatic N) is 2. The number of ether oxygens (including phenoxy) is 1. The summed E-state index contributed by atoms with van der Waals surface area (Å²) in [5.41, 5.74) is 0.672. The quantitative estimate of drug-likeness (QED) is 0.499. The number of nitro benzene ring substituents is 1. The lowest BCUT2D eigenvalue weighted by atomic mass is 10.3. The van der Waals surface area contributed by atoms with Crippen LogP contribution in [0.2, 0.25) is 0 Å². The van der Waals surface area contributed by atoms with Gasteiger partial charge in [0.2, 0.25) is 0 Å². The molecule has 2 rings (SSSR count). The first kappa shape index (κ1) is 12.7. The van der Waals surface area contributed by atoms with Crippen molar-refractivity contribution in [3.8, 4) is 0 Å². The minimum Gasteiger partial charge on any atom is -0.378 e. The van der Waals surface area contributed by atoms with E-state index in [4.69, 9.17) is 17.0 Å².